The zero-order valence-electron chi connectivity index (χ0n) is 14.0. The normalized spacial score (nSPS) is 11.2. The lowest BCUT2D eigenvalue weighted by Crippen LogP contribution is -2.04. The summed E-state index contributed by atoms with van der Waals surface area (Å²) in [7, 11) is 0. The van der Waals surface area contributed by atoms with Crippen molar-refractivity contribution >= 4 is 11.8 Å². The Balaban J connectivity index is 1.65. The number of hydrogen-bond acceptors (Lipinski definition) is 9. The van der Waals surface area contributed by atoms with Gasteiger partial charge < -0.3 is 9.05 Å². The smallest absolute Gasteiger partial charge is 0.226 e. The maximum atomic E-state index is 5.30. The van der Waals surface area contributed by atoms with Gasteiger partial charge >= 0.3 is 0 Å². The molecule has 0 radical (unpaired) electrons. The number of thioether (sulfide) groups is 1. The molecule has 0 aliphatic heterocycles. The van der Waals surface area contributed by atoms with Crippen molar-refractivity contribution in [3.8, 4) is 0 Å². The molecular weight excluding hydrogens is 328 g/mol. The molecule has 3 aromatic rings. The van der Waals surface area contributed by atoms with Crippen molar-refractivity contribution in [3.05, 3.63) is 40.4 Å². The average Bonchev–Trinajstić information content (AvgIpc) is 3.15. The van der Waals surface area contributed by atoms with Gasteiger partial charge in [0.1, 0.15) is 0 Å². The molecule has 24 heavy (non-hydrogen) atoms. The summed E-state index contributed by atoms with van der Waals surface area (Å²) in [4.78, 5) is 17.5. The first-order chi connectivity index (χ1) is 11.5. The Bertz CT molecular complexity index is 821. The molecule has 8 nitrogen and oxygen atoms in total. The lowest BCUT2D eigenvalue weighted by Gasteiger charge is -2.08. The summed E-state index contributed by atoms with van der Waals surface area (Å²) >= 11 is 1.54. The lowest BCUT2D eigenvalue weighted by molar-refractivity contribution is 0.372. The third-order valence-corrected chi connectivity index (χ3v) is 4.12. The molecular formula is C15H18N6O2S. The molecule has 3 aromatic heterocycles. The average molecular weight is 346 g/mol. The monoisotopic (exact) mass is 346 g/mol. The zero-order chi connectivity index (χ0) is 17.1. The van der Waals surface area contributed by atoms with Crippen LogP contribution in [0.2, 0.25) is 0 Å². The molecule has 0 aliphatic carbocycles. The second-order valence-corrected chi connectivity index (χ2v) is 6.14. The third-order valence-electron chi connectivity index (χ3n) is 3.57. The van der Waals surface area contributed by atoms with E-state index in [1.165, 1.54) is 0 Å². The van der Waals surface area contributed by atoms with E-state index in [1.54, 1.807) is 18.7 Å². The van der Waals surface area contributed by atoms with Crippen molar-refractivity contribution in [3.63, 3.8) is 0 Å². The number of nitrogens with zero attached hydrogens (tertiary/aromatic N) is 6. The van der Waals surface area contributed by atoms with E-state index in [4.69, 9.17) is 9.05 Å². The van der Waals surface area contributed by atoms with Crippen LogP contribution in [0.25, 0.3) is 0 Å². The Morgan fingerprint density at radius 1 is 0.833 bits per heavy atom. The van der Waals surface area contributed by atoms with E-state index in [0.717, 1.165) is 28.5 Å². The molecule has 3 heterocycles. The third kappa shape index (κ3) is 3.78. The second kappa shape index (κ2) is 7.08. The molecule has 3 rings (SSSR count). The summed E-state index contributed by atoms with van der Waals surface area (Å²) in [6, 6.07) is 0. The van der Waals surface area contributed by atoms with Crippen LogP contribution in [-0.4, -0.2) is 36.5 Å². The highest BCUT2D eigenvalue weighted by atomic mass is 32.2. The van der Waals surface area contributed by atoms with Gasteiger partial charge in [-0.05, 0) is 32.1 Å². The first kappa shape index (κ1) is 16.6. The topological polar surface area (TPSA) is 104 Å². The molecule has 0 unspecified atom stereocenters. The summed E-state index contributed by atoms with van der Waals surface area (Å²) in [5, 5.41) is 8.59. The van der Waals surface area contributed by atoms with Gasteiger partial charge in [-0.25, -0.2) is 9.97 Å². The summed E-state index contributed by atoms with van der Waals surface area (Å²) < 4.78 is 10.2. The van der Waals surface area contributed by atoms with Crippen LogP contribution in [0.15, 0.2) is 14.2 Å². The van der Waals surface area contributed by atoms with E-state index in [1.807, 2.05) is 20.1 Å². The standard InChI is InChI=1S/C15H18N6O2S/c1-8-11(9(2)17-15(16-8)24-4)5-6-14-19-13(21-23-14)7-12-18-10(3)22-20-12/h5-7H2,1-4H3. The SMILES string of the molecule is CSc1nc(C)c(CCc2nc(Cc3noc(C)n3)no2)c(C)n1. The molecule has 0 saturated carbocycles. The lowest BCUT2D eigenvalue weighted by atomic mass is 10.1. The van der Waals surface area contributed by atoms with Crippen LogP contribution in [-0.2, 0) is 19.3 Å². The Morgan fingerprint density at radius 3 is 2.12 bits per heavy atom. The summed E-state index contributed by atoms with van der Waals surface area (Å²) in [5.41, 5.74) is 3.11. The minimum atomic E-state index is 0.393. The summed E-state index contributed by atoms with van der Waals surface area (Å²) in [6.45, 7) is 5.75. The minimum absolute atomic E-state index is 0.393. The summed E-state index contributed by atoms with van der Waals surface area (Å²) in [6.07, 6.45) is 3.76. The maximum Gasteiger partial charge on any atom is 0.226 e. The number of rotatable bonds is 6. The molecule has 0 aliphatic rings. The minimum Gasteiger partial charge on any atom is -0.340 e. The van der Waals surface area contributed by atoms with Crippen LogP contribution < -0.4 is 0 Å². The van der Waals surface area contributed by atoms with Crippen molar-refractivity contribution in [1.29, 1.82) is 0 Å². The fraction of sp³-hybridized carbons (Fsp3) is 0.467. The van der Waals surface area contributed by atoms with Crippen molar-refractivity contribution in [2.75, 3.05) is 6.26 Å². The first-order valence-corrected chi connectivity index (χ1v) is 8.76. The number of hydrogen-bond donors (Lipinski definition) is 0. The maximum absolute atomic E-state index is 5.30. The predicted molar refractivity (Wildman–Crippen MR) is 86.8 cm³/mol. The van der Waals surface area contributed by atoms with Crippen molar-refractivity contribution < 1.29 is 9.05 Å². The molecule has 0 N–H and O–H groups in total. The predicted octanol–water partition coefficient (Wildman–Crippen LogP) is 2.27. The van der Waals surface area contributed by atoms with E-state index in [9.17, 15) is 0 Å². The quantitative estimate of drug-likeness (QED) is 0.491. The van der Waals surface area contributed by atoms with Gasteiger partial charge in [0, 0.05) is 24.7 Å². The fourth-order valence-electron chi connectivity index (χ4n) is 2.41. The van der Waals surface area contributed by atoms with E-state index >= 15 is 0 Å². The van der Waals surface area contributed by atoms with E-state index in [0.29, 0.717) is 36.3 Å². The highest BCUT2D eigenvalue weighted by molar-refractivity contribution is 7.98. The Kier molecular flexibility index (Phi) is 4.89. The van der Waals surface area contributed by atoms with E-state index < -0.39 is 0 Å². The summed E-state index contributed by atoms with van der Waals surface area (Å²) in [5.74, 6) is 2.20. The zero-order valence-corrected chi connectivity index (χ0v) is 14.8. The highest BCUT2D eigenvalue weighted by Gasteiger charge is 2.13. The Morgan fingerprint density at radius 2 is 1.50 bits per heavy atom. The van der Waals surface area contributed by atoms with E-state index in [2.05, 4.69) is 30.2 Å². The van der Waals surface area contributed by atoms with Crippen molar-refractivity contribution in [2.45, 2.75) is 45.2 Å². The molecule has 0 aromatic carbocycles. The van der Waals surface area contributed by atoms with Gasteiger partial charge in [0.05, 0.1) is 6.42 Å². The van der Waals surface area contributed by atoms with Gasteiger partial charge in [-0.1, -0.05) is 22.1 Å². The first-order valence-electron chi connectivity index (χ1n) is 7.54. The molecule has 0 amide bonds. The molecule has 126 valence electrons. The second-order valence-electron chi connectivity index (χ2n) is 5.37. The molecule has 0 bridgehead atoms. The fourth-order valence-corrected chi connectivity index (χ4v) is 2.87. The number of aryl methyl sites for hydroxylation is 4. The van der Waals surface area contributed by atoms with Gasteiger partial charge in [0.2, 0.25) is 11.8 Å². The van der Waals surface area contributed by atoms with Crippen LogP contribution in [0.3, 0.4) is 0 Å². The molecule has 0 atom stereocenters. The Labute approximate surface area is 143 Å². The highest BCUT2D eigenvalue weighted by Crippen LogP contribution is 2.17. The van der Waals surface area contributed by atoms with Gasteiger partial charge in [-0.2, -0.15) is 9.97 Å². The van der Waals surface area contributed by atoms with Gasteiger partial charge in [0.15, 0.2) is 16.8 Å². The van der Waals surface area contributed by atoms with Gasteiger partial charge in [-0.3, -0.25) is 0 Å². The largest absolute Gasteiger partial charge is 0.340 e. The van der Waals surface area contributed by atoms with Crippen LogP contribution in [0.4, 0.5) is 0 Å². The van der Waals surface area contributed by atoms with E-state index in [-0.39, 0.29) is 0 Å². The number of aromatic nitrogens is 6. The van der Waals surface area contributed by atoms with Crippen LogP contribution in [0.1, 0.15) is 40.4 Å². The van der Waals surface area contributed by atoms with Crippen LogP contribution in [0, 0.1) is 20.8 Å². The molecule has 0 saturated heterocycles. The van der Waals surface area contributed by atoms with Crippen molar-refractivity contribution in [2.24, 2.45) is 0 Å². The van der Waals surface area contributed by atoms with Gasteiger partial charge in [-0.15, -0.1) is 0 Å². The van der Waals surface area contributed by atoms with Crippen molar-refractivity contribution in [1.82, 2.24) is 30.2 Å². The van der Waals surface area contributed by atoms with Gasteiger partial charge in [0.25, 0.3) is 0 Å². The molecule has 9 heteroatoms. The van der Waals surface area contributed by atoms with Crippen LogP contribution >= 0.6 is 11.8 Å². The molecule has 0 fully saturated rings. The Hall–Kier alpha value is -2.29. The molecule has 0 spiro atoms. The van der Waals surface area contributed by atoms with Crippen LogP contribution in [0.5, 0.6) is 0 Å².